The van der Waals surface area contributed by atoms with E-state index < -0.39 is 0 Å². The minimum Gasteiger partial charge on any atom is -0.376 e. The van der Waals surface area contributed by atoms with Gasteiger partial charge in [-0.25, -0.2) is 9.07 Å². The molecule has 2 rings (SSSR count). The molecule has 0 saturated carbocycles. The van der Waals surface area contributed by atoms with Crippen molar-refractivity contribution in [3.05, 3.63) is 52.1 Å². The van der Waals surface area contributed by atoms with E-state index in [1.807, 2.05) is 0 Å². The molecular weight excluding hydrogens is 307 g/mol. The number of benzene rings is 1. The van der Waals surface area contributed by atoms with Crippen molar-refractivity contribution in [2.45, 2.75) is 39.2 Å². The van der Waals surface area contributed by atoms with Crippen LogP contribution in [0.3, 0.4) is 0 Å². The smallest absolute Gasteiger partial charge is 0.144 e. The standard InChI is InChI=1S/C16H20Cl2N2O/c1-4-11-7-6-8-12(5-2)16(11)13(21-3)9-15-19-10-14(17)20(15)18/h6-8,10,13H,4-5,9H2,1-3H3. The number of ether oxygens (including phenoxy) is 1. The number of halogens is 2. The van der Waals surface area contributed by atoms with Gasteiger partial charge >= 0.3 is 0 Å². The summed E-state index contributed by atoms with van der Waals surface area (Å²) >= 11 is 12.1. The van der Waals surface area contributed by atoms with Crippen molar-refractivity contribution in [2.75, 3.05) is 7.11 Å². The van der Waals surface area contributed by atoms with Gasteiger partial charge in [-0.2, -0.15) is 0 Å². The largest absolute Gasteiger partial charge is 0.376 e. The summed E-state index contributed by atoms with van der Waals surface area (Å²) in [6.45, 7) is 4.31. The summed E-state index contributed by atoms with van der Waals surface area (Å²) in [6.07, 6.45) is 4.02. The third-order valence-electron chi connectivity index (χ3n) is 3.76. The number of hydrogen-bond donors (Lipinski definition) is 0. The molecule has 21 heavy (non-hydrogen) atoms. The van der Waals surface area contributed by atoms with Gasteiger partial charge in [0.25, 0.3) is 0 Å². The van der Waals surface area contributed by atoms with Gasteiger partial charge in [-0.3, -0.25) is 0 Å². The summed E-state index contributed by atoms with van der Waals surface area (Å²) in [6, 6.07) is 6.41. The van der Waals surface area contributed by atoms with Crippen LogP contribution in [-0.4, -0.2) is 16.2 Å². The van der Waals surface area contributed by atoms with Gasteiger partial charge < -0.3 is 4.74 Å². The fourth-order valence-electron chi connectivity index (χ4n) is 2.65. The quantitative estimate of drug-likeness (QED) is 0.776. The summed E-state index contributed by atoms with van der Waals surface area (Å²) in [4.78, 5) is 4.26. The van der Waals surface area contributed by atoms with E-state index in [1.54, 1.807) is 13.3 Å². The van der Waals surface area contributed by atoms with Gasteiger partial charge in [0.15, 0.2) is 0 Å². The molecule has 1 heterocycles. The minimum absolute atomic E-state index is 0.0768. The lowest BCUT2D eigenvalue weighted by Crippen LogP contribution is -2.13. The Morgan fingerprint density at radius 3 is 2.29 bits per heavy atom. The van der Waals surface area contributed by atoms with Crippen LogP contribution in [-0.2, 0) is 24.0 Å². The number of aromatic nitrogens is 2. The molecule has 2 aromatic rings. The fourth-order valence-corrected chi connectivity index (χ4v) is 2.95. The highest BCUT2D eigenvalue weighted by molar-refractivity contribution is 6.33. The Balaban J connectivity index is 2.39. The van der Waals surface area contributed by atoms with Gasteiger partial charge in [-0.1, -0.05) is 43.6 Å². The van der Waals surface area contributed by atoms with Crippen molar-refractivity contribution in [3.8, 4) is 0 Å². The Bertz CT molecular complexity index is 588. The molecule has 0 fully saturated rings. The Kier molecular flexibility index (Phi) is 5.68. The topological polar surface area (TPSA) is 27.1 Å². The molecule has 0 bridgehead atoms. The maximum absolute atomic E-state index is 6.11. The molecule has 3 nitrogen and oxygen atoms in total. The number of aryl methyl sites for hydroxylation is 2. The molecule has 1 atom stereocenters. The van der Waals surface area contributed by atoms with E-state index in [1.165, 1.54) is 20.8 Å². The zero-order chi connectivity index (χ0) is 15.4. The van der Waals surface area contributed by atoms with E-state index >= 15 is 0 Å². The first-order valence-corrected chi connectivity index (χ1v) is 7.85. The lowest BCUT2D eigenvalue weighted by atomic mass is 9.92. The van der Waals surface area contributed by atoms with E-state index in [0.717, 1.165) is 12.8 Å². The average molecular weight is 327 g/mol. The Morgan fingerprint density at radius 1 is 1.24 bits per heavy atom. The van der Waals surface area contributed by atoms with E-state index in [-0.39, 0.29) is 6.10 Å². The molecule has 1 aromatic heterocycles. The molecule has 0 radical (unpaired) electrons. The monoisotopic (exact) mass is 326 g/mol. The number of hydrogen-bond acceptors (Lipinski definition) is 2. The number of methoxy groups -OCH3 is 1. The van der Waals surface area contributed by atoms with E-state index in [2.05, 4.69) is 37.0 Å². The van der Waals surface area contributed by atoms with Crippen LogP contribution in [0.1, 0.15) is 42.5 Å². The highest BCUT2D eigenvalue weighted by Gasteiger charge is 2.21. The zero-order valence-corrected chi connectivity index (χ0v) is 14.1. The molecule has 114 valence electrons. The summed E-state index contributed by atoms with van der Waals surface area (Å²) in [7, 11) is 1.72. The summed E-state index contributed by atoms with van der Waals surface area (Å²) in [5.74, 6) is 0.710. The first-order chi connectivity index (χ1) is 10.1. The molecule has 0 aliphatic rings. The van der Waals surface area contributed by atoms with Gasteiger partial charge in [0.1, 0.15) is 11.0 Å². The second-order valence-electron chi connectivity index (χ2n) is 4.90. The second-order valence-corrected chi connectivity index (χ2v) is 5.63. The Hall–Kier alpha value is -1.03. The van der Waals surface area contributed by atoms with Crippen molar-refractivity contribution in [2.24, 2.45) is 0 Å². The van der Waals surface area contributed by atoms with Crippen LogP contribution in [0.5, 0.6) is 0 Å². The van der Waals surface area contributed by atoms with Crippen molar-refractivity contribution in [1.82, 2.24) is 9.07 Å². The van der Waals surface area contributed by atoms with Crippen molar-refractivity contribution >= 4 is 23.4 Å². The average Bonchev–Trinajstić information content (AvgIpc) is 2.83. The molecule has 0 aliphatic carbocycles. The summed E-state index contributed by atoms with van der Waals surface area (Å²) in [5.41, 5.74) is 3.86. The van der Waals surface area contributed by atoms with E-state index in [4.69, 9.17) is 28.1 Å². The van der Waals surface area contributed by atoms with Crippen LogP contribution in [0.25, 0.3) is 0 Å². The maximum Gasteiger partial charge on any atom is 0.144 e. The molecule has 5 heteroatoms. The molecule has 0 spiro atoms. The van der Waals surface area contributed by atoms with Crippen LogP contribution in [0.15, 0.2) is 24.4 Å². The summed E-state index contributed by atoms with van der Waals surface area (Å²) < 4.78 is 7.12. The molecule has 0 N–H and O–H groups in total. The van der Waals surface area contributed by atoms with Crippen molar-refractivity contribution < 1.29 is 4.74 Å². The SMILES string of the molecule is CCc1cccc(CC)c1C(Cc1ncc(Cl)n1Cl)OC. The first kappa shape index (κ1) is 16.3. The fraction of sp³-hybridized carbons (Fsp3) is 0.438. The molecule has 0 amide bonds. The lowest BCUT2D eigenvalue weighted by Gasteiger charge is -2.21. The van der Waals surface area contributed by atoms with Gasteiger partial charge in [0.05, 0.1) is 12.3 Å². The van der Waals surface area contributed by atoms with Gasteiger partial charge in [0, 0.05) is 25.3 Å². The van der Waals surface area contributed by atoms with Crippen molar-refractivity contribution in [1.29, 1.82) is 0 Å². The highest BCUT2D eigenvalue weighted by atomic mass is 35.5. The normalized spacial score (nSPS) is 12.6. The molecule has 0 aliphatic heterocycles. The van der Waals surface area contributed by atoms with Gasteiger partial charge in [-0.05, 0) is 29.5 Å². The summed E-state index contributed by atoms with van der Waals surface area (Å²) in [5, 5.41) is 0.418. The van der Waals surface area contributed by atoms with Crippen molar-refractivity contribution in [3.63, 3.8) is 0 Å². The van der Waals surface area contributed by atoms with Crippen LogP contribution >= 0.6 is 23.4 Å². The molecular formula is C16H20Cl2N2O. The Labute approximate surface area is 136 Å². The van der Waals surface area contributed by atoms with Crippen LogP contribution in [0.2, 0.25) is 5.15 Å². The number of imidazole rings is 1. The third kappa shape index (κ3) is 3.42. The minimum atomic E-state index is -0.0768. The number of rotatable bonds is 6. The maximum atomic E-state index is 6.11. The first-order valence-electron chi connectivity index (χ1n) is 7.14. The predicted molar refractivity (Wildman–Crippen MR) is 87.1 cm³/mol. The predicted octanol–water partition coefficient (Wildman–Crippen LogP) is 4.59. The molecule has 1 aromatic carbocycles. The lowest BCUT2D eigenvalue weighted by molar-refractivity contribution is 0.100. The van der Waals surface area contributed by atoms with Gasteiger partial charge in [0.2, 0.25) is 0 Å². The second kappa shape index (κ2) is 7.30. The van der Waals surface area contributed by atoms with Crippen LogP contribution < -0.4 is 0 Å². The molecule has 0 saturated heterocycles. The number of nitrogens with zero attached hydrogens (tertiary/aromatic N) is 2. The van der Waals surface area contributed by atoms with Crippen LogP contribution in [0, 0.1) is 0 Å². The van der Waals surface area contributed by atoms with Gasteiger partial charge in [-0.15, -0.1) is 0 Å². The molecule has 1 unspecified atom stereocenters. The van der Waals surface area contributed by atoms with E-state index in [0.29, 0.717) is 17.4 Å². The van der Waals surface area contributed by atoms with Crippen LogP contribution in [0.4, 0.5) is 0 Å². The third-order valence-corrected chi connectivity index (χ3v) is 4.49. The van der Waals surface area contributed by atoms with E-state index in [9.17, 15) is 0 Å². The zero-order valence-electron chi connectivity index (χ0n) is 12.6. The Morgan fingerprint density at radius 2 is 1.86 bits per heavy atom. The highest BCUT2D eigenvalue weighted by Crippen LogP contribution is 2.30.